The highest BCUT2D eigenvalue weighted by atomic mass is 35.5. The molecular formula is C24H30Cl3N3O4S. The fourth-order valence-electron chi connectivity index (χ4n) is 3.45. The first-order valence-electron chi connectivity index (χ1n) is 11.1. The molecule has 0 spiro atoms. The van der Waals surface area contributed by atoms with E-state index in [0.717, 1.165) is 6.26 Å². The summed E-state index contributed by atoms with van der Waals surface area (Å²) in [6.07, 6.45) is 1.36. The topological polar surface area (TPSA) is 86.8 Å². The minimum absolute atomic E-state index is 0.0149. The third-order valence-corrected chi connectivity index (χ3v) is 7.41. The van der Waals surface area contributed by atoms with E-state index in [1.165, 1.54) is 9.21 Å². The molecule has 2 aromatic rings. The number of benzene rings is 2. The second kappa shape index (κ2) is 12.8. The summed E-state index contributed by atoms with van der Waals surface area (Å²) < 4.78 is 25.9. The Kier molecular flexibility index (Phi) is 10.7. The summed E-state index contributed by atoms with van der Waals surface area (Å²) in [6, 6.07) is 10.6. The molecule has 0 aliphatic heterocycles. The summed E-state index contributed by atoms with van der Waals surface area (Å²) in [5.41, 5.74) is 0.987. The van der Waals surface area contributed by atoms with Crippen molar-refractivity contribution in [2.24, 2.45) is 0 Å². The van der Waals surface area contributed by atoms with Crippen LogP contribution < -0.4 is 9.62 Å². The lowest BCUT2D eigenvalue weighted by Gasteiger charge is -2.30. The monoisotopic (exact) mass is 561 g/mol. The van der Waals surface area contributed by atoms with Crippen LogP contribution in [0.2, 0.25) is 15.1 Å². The molecule has 0 heterocycles. The molecule has 0 bridgehead atoms. The molecule has 35 heavy (non-hydrogen) atoms. The quantitative estimate of drug-likeness (QED) is 0.411. The van der Waals surface area contributed by atoms with Gasteiger partial charge in [-0.05, 0) is 63.6 Å². The van der Waals surface area contributed by atoms with Crippen molar-refractivity contribution in [3.63, 3.8) is 0 Å². The zero-order valence-corrected chi connectivity index (χ0v) is 23.2. The molecule has 11 heteroatoms. The van der Waals surface area contributed by atoms with Gasteiger partial charge in [-0.25, -0.2) is 8.42 Å². The van der Waals surface area contributed by atoms with Crippen LogP contribution in [0.5, 0.6) is 0 Å². The Balaban J connectivity index is 2.22. The Morgan fingerprint density at radius 1 is 0.971 bits per heavy atom. The van der Waals surface area contributed by atoms with Crippen molar-refractivity contribution in [2.75, 3.05) is 17.1 Å². The molecule has 0 aliphatic carbocycles. The van der Waals surface area contributed by atoms with Gasteiger partial charge in [0.1, 0.15) is 6.04 Å². The third kappa shape index (κ3) is 8.56. The molecule has 0 fully saturated rings. The van der Waals surface area contributed by atoms with Gasteiger partial charge >= 0.3 is 0 Å². The summed E-state index contributed by atoms with van der Waals surface area (Å²) in [4.78, 5) is 27.4. The summed E-state index contributed by atoms with van der Waals surface area (Å²) in [6.45, 7) is 5.42. The lowest BCUT2D eigenvalue weighted by Crippen LogP contribution is -2.49. The molecular weight excluding hydrogens is 533 g/mol. The van der Waals surface area contributed by atoms with E-state index in [4.69, 9.17) is 34.8 Å². The van der Waals surface area contributed by atoms with Crippen molar-refractivity contribution in [3.05, 3.63) is 63.1 Å². The van der Waals surface area contributed by atoms with Crippen LogP contribution >= 0.6 is 34.8 Å². The first-order chi connectivity index (χ1) is 16.3. The largest absolute Gasteiger partial charge is 0.352 e. The number of hydrogen-bond donors (Lipinski definition) is 1. The molecule has 0 radical (unpaired) electrons. The minimum atomic E-state index is -3.59. The SMILES string of the molecule is CC(C)NC(=O)[C@@H](C)N(Cc1c(Cl)cccc1Cl)C(=O)CCCN(c1ccc(Cl)cc1)S(C)(=O)=O. The molecule has 2 aromatic carbocycles. The fourth-order valence-corrected chi connectivity index (χ4v) is 5.06. The van der Waals surface area contributed by atoms with E-state index >= 15 is 0 Å². The summed E-state index contributed by atoms with van der Waals surface area (Å²) in [5, 5.41) is 4.08. The molecule has 0 saturated carbocycles. The molecule has 0 saturated heterocycles. The van der Waals surface area contributed by atoms with E-state index in [2.05, 4.69) is 5.32 Å². The Hall–Kier alpha value is -2.00. The predicted molar refractivity (Wildman–Crippen MR) is 143 cm³/mol. The van der Waals surface area contributed by atoms with Gasteiger partial charge in [0.05, 0.1) is 11.9 Å². The normalized spacial score (nSPS) is 12.3. The Morgan fingerprint density at radius 3 is 2.06 bits per heavy atom. The number of sulfonamides is 1. The molecule has 0 aliphatic rings. The molecule has 1 atom stereocenters. The third-order valence-electron chi connectivity index (χ3n) is 5.26. The van der Waals surface area contributed by atoms with Crippen LogP contribution in [0.1, 0.15) is 39.2 Å². The molecule has 7 nitrogen and oxygen atoms in total. The van der Waals surface area contributed by atoms with Gasteiger partial charge < -0.3 is 10.2 Å². The van der Waals surface area contributed by atoms with Gasteiger partial charge in [-0.2, -0.15) is 0 Å². The van der Waals surface area contributed by atoms with E-state index in [1.54, 1.807) is 49.4 Å². The van der Waals surface area contributed by atoms with Gasteiger partial charge in [0.2, 0.25) is 21.8 Å². The van der Waals surface area contributed by atoms with Crippen molar-refractivity contribution >= 4 is 62.3 Å². The number of halogens is 3. The molecule has 2 amide bonds. The maximum Gasteiger partial charge on any atom is 0.242 e. The average molecular weight is 563 g/mol. The van der Waals surface area contributed by atoms with Gasteiger partial charge in [0.25, 0.3) is 0 Å². The van der Waals surface area contributed by atoms with Crippen LogP contribution in [0.15, 0.2) is 42.5 Å². The van der Waals surface area contributed by atoms with E-state index in [9.17, 15) is 18.0 Å². The van der Waals surface area contributed by atoms with Crippen molar-refractivity contribution in [2.45, 2.75) is 52.2 Å². The maximum absolute atomic E-state index is 13.3. The standard InChI is InChI=1S/C24H30Cl3N3O4S/c1-16(2)28-24(32)17(3)29(15-20-21(26)7-5-8-22(20)27)23(31)9-6-14-30(35(4,33)34)19-12-10-18(25)11-13-19/h5,7-8,10-13,16-17H,6,9,14-15H2,1-4H3,(H,28,32)/t17-/m1/s1. The number of anilines is 1. The second-order valence-corrected chi connectivity index (χ2v) is 11.6. The van der Waals surface area contributed by atoms with E-state index in [-0.39, 0.29) is 43.8 Å². The fraction of sp³-hybridized carbons (Fsp3) is 0.417. The van der Waals surface area contributed by atoms with Crippen LogP contribution in [0.4, 0.5) is 5.69 Å². The average Bonchev–Trinajstić information content (AvgIpc) is 2.75. The number of carbonyl (C=O) groups is 2. The molecule has 0 unspecified atom stereocenters. The number of nitrogens with one attached hydrogen (secondary N) is 1. The summed E-state index contributed by atoms with van der Waals surface area (Å²) >= 11 is 18.5. The molecule has 192 valence electrons. The maximum atomic E-state index is 13.3. The Labute approximate surface area is 222 Å². The van der Waals surface area contributed by atoms with Crippen LogP contribution in [0, 0.1) is 0 Å². The van der Waals surface area contributed by atoms with Crippen molar-refractivity contribution in [3.8, 4) is 0 Å². The summed E-state index contributed by atoms with van der Waals surface area (Å²) in [7, 11) is -3.59. The van der Waals surface area contributed by atoms with E-state index in [0.29, 0.717) is 26.3 Å². The highest BCUT2D eigenvalue weighted by molar-refractivity contribution is 7.92. The summed E-state index contributed by atoms with van der Waals surface area (Å²) in [5.74, 6) is -0.632. The van der Waals surface area contributed by atoms with E-state index < -0.39 is 16.1 Å². The van der Waals surface area contributed by atoms with Gasteiger partial charge in [-0.3, -0.25) is 13.9 Å². The first kappa shape index (κ1) is 29.2. The van der Waals surface area contributed by atoms with Crippen molar-refractivity contribution in [1.82, 2.24) is 10.2 Å². The van der Waals surface area contributed by atoms with E-state index in [1.807, 2.05) is 13.8 Å². The van der Waals surface area contributed by atoms with Gasteiger partial charge in [-0.1, -0.05) is 40.9 Å². The van der Waals surface area contributed by atoms with Gasteiger partial charge in [-0.15, -0.1) is 0 Å². The van der Waals surface area contributed by atoms with Crippen LogP contribution in [-0.4, -0.2) is 50.0 Å². The van der Waals surface area contributed by atoms with Gasteiger partial charge in [0, 0.05) is 46.2 Å². The highest BCUT2D eigenvalue weighted by Gasteiger charge is 2.28. The molecule has 0 aromatic heterocycles. The number of amides is 2. The first-order valence-corrected chi connectivity index (χ1v) is 14.1. The van der Waals surface area contributed by atoms with Crippen LogP contribution in [0.25, 0.3) is 0 Å². The lowest BCUT2D eigenvalue weighted by atomic mass is 10.1. The smallest absolute Gasteiger partial charge is 0.242 e. The van der Waals surface area contributed by atoms with Gasteiger partial charge in [0.15, 0.2) is 0 Å². The predicted octanol–water partition coefficient (Wildman–Crippen LogP) is 5.13. The number of carbonyl (C=O) groups excluding carboxylic acids is 2. The molecule has 1 N–H and O–H groups in total. The van der Waals surface area contributed by atoms with Crippen molar-refractivity contribution in [1.29, 1.82) is 0 Å². The Bertz CT molecular complexity index is 1120. The number of nitrogens with zero attached hydrogens (tertiary/aromatic N) is 2. The highest BCUT2D eigenvalue weighted by Crippen LogP contribution is 2.27. The zero-order valence-electron chi connectivity index (χ0n) is 20.1. The molecule has 2 rings (SSSR count). The minimum Gasteiger partial charge on any atom is -0.352 e. The lowest BCUT2D eigenvalue weighted by molar-refractivity contribution is -0.140. The number of hydrogen-bond acceptors (Lipinski definition) is 4. The number of rotatable bonds is 11. The van der Waals surface area contributed by atoms with Crippen molar-refractivity contribution < 1.29 is 18.0 Å². The van der Waals surface area contributed by atoms with Crippen LogP contribution in [-0.2, 0) is 26.2 Å². The second-order valence-electron chi connectivity index (χ2n) is 8.48. The Morgan fingerprint density at radius 2 is 1.54 bits per heavy atom. The zero-order chi connectivity index (χ0) is 26.3. The van der Waals surface area contributed by atoms with Crippen LogP contribution in [0.3, 0.4) is 0 Å².